The number of likely N-dealkylation sites (N-methyl/N-ethyl adjacent to an activating group) is 2. The highest BCUT2D eigenvalue weighted by Crippen LogP contribution is 2.35. The predicted molar refractivity (Wildman–Crippen MR) is 133 cm³/mol. The Morgan fingerprint density at radius 2 is 1.87 bits per heavy atom. The molecule has 0 saturated carbocycles. The molecule has 0 spiro atoms. The second-order valence-corrected chi connectivity index (χ2v) is 11.7. The first-order valence-corrected chi connectivity index (χ1v) is 12.0. The van der Waals surface area contributed by atoms with Crippen molar-refractivity contribution in [3.05, 3.63) is 23.9 Å². The summed E-state index contributed by atoms with van der Waals surface area (Å²) in [5.74, 6) is 0.0897. The zero-order valence-corrected chi connectivity index (χ0v) is 22.2. The average molecular weight is 456 g/mol. The van der Waals surface area contributed by atoms with Gasteiger partial charge in [0.15, 0.2) is 0 Å². The number of nitrogens with zero attached hydrogens (tertiary/aromatic N) is 2. The molecule has 1 amide bonds. The van der Waals surface area contributed by atoms with E-state index < -0.39 is 5.97 Å². The molecule has 7 heteroatoms. The average Bonchev–Trinajstić information content (AvgIpc) is 2.62. The lowest BCUT2D eigenvalue weighted by Gasteiger charge is -2.45. The smallest absolute Gasteiger partial charge is 0.331 e. The first-order chi connectivity index (χ1) is 14.1. The van der Waals surface area contributed by atoms with Gasteiger partial charge in [-0.25, -0.2) is 4.79 Å². The van der Waals surface area contributed by atoms with Crippen molar-refractivity contribution >= 4 is 23.6 Å². The molecule has 31 heavy (non-hydrogen) atoms. The first-order valence-electron chi connectivity index (χ1n) is 11.0. The number of carboxylic acid groups (broad SMARTS) is 1. The number of aliphatic carboxylic acids is 1. The molecule has 6 nitrogen and oxygen atoms in total. The molecule has 0 aliphatic carbocycles. The Morgan fingerprint density at radius 3 is 2.29 bits per heavy atom. The highest BCUT2D eigenvalue weighted by atomic mass is 32.2. The molecule has 1 fully saturated rings. The molecule has 0 bridgehead atoms. The second-order valence-electron chi connectivity index (χ2n) is 9.91. The summed E-state index contributed by atoms with van der Waals surface area (Å²) in [5, 5.41) is 12.3. The topological polar surface area (TPSA) is 72.9 Å². The van der Waals surface area contributed by atoms with Gasteiger partial charge in [0, 0.05) is 41.9 Å². The number of nitrogens with one attached hydrogen (secondary N) is 1. The van der Waals surface area contributed by atoms with Crippen molar-refractivity contribution in [3.8, 4) is 0 Å². The second kappa shape index (κ2) is 12.5. The maximum absolute atomic E-state index is 13.2. The van der Waals surface area contributed by atoms with Gasteiger partial charge in [0.25, 0.3) is 0 Å². The molecule has 1 rings (SSSR count). The number of amides is 1. The van der Waals surface area contributed by atoms with E-state index in [2.05, 4.69) is 65.3 Å². The molecule has 1 aliphatic rings. The van der Waals surface area contributed by atoms with Crippen LogP contribution in [0.2, 0.25) is 0 Å². The van der Waals surface area contributed by atoms with E-state index in [9.17, 15) is 9.59 Å². The summed E-state index contributed by atoms with van der Waals surface area (Å²) in [5.41, 5.74) is 0.815. The largest absolute Gasteiger partial charge is 0.478 e. The van der Waals surface area contributed by atoms with Crippen molar-refractivity contribution in [3.63, 3.8) is 0 Å². The van der Waals surface area contributed by atoms with Crippen LogP contribution in [0.15, 0.2) is 23.9 Å². The van der Waals surface area contributed by atoms with Crippen LogP contribution in [0.25, 0.3) is 0 Å². The molecule has 1 aliphatic heterocycles. The lowest BCUT2D eigenvalue weighted by Crippen LogP contribution is -2.61. The molecular formula is C24H45N3O3S. The van der Waals surface area contributed by atoms with E-state index >= 15 is 0 Å². The zero-order chi connectivity index (χ0) is 24.6. The summed E-state index contributed by atoms with van der Waals surface area (Å²) in [7, 11) is 3.86. The quantitative estimate of drug-likeness (QED) is 0.560. The lowest BCUT2D eigenvalue weighted by molar-refractivity contribution is -0.132. The van der Waals surface area contributed by atoms with Crippen molar-refractivity contribution < 1.29 is 14.7 Å². The molecule has 0 radical (unpaired) electrons. The minimum absolute atomic E-state index is 0.00596. The Bertz CT molecular complexity index is 653. The van der Waals surface area contributed by atoms with Crippen LogP contribution < -0.4 is 5.32 Å². The van der Waals surface area contributed by atoms with Crippen LogP contribution in [0.4, 0.5) is 0 Å². The van der Waals surface area contributed by atoms with Gasteiger partial charge in [-0.15, -0.1) is 0 Å². The summed E-state index contributed by atoms with van der Waals surface area (Å²) in [6.45, 7) is 21.8. The Labute approximate surface area is 194 Å². The van der Waals surface area contributed by atoms with Gasteiger partial charge in [-0.1, -0.05) is 53.7 Å². The number of hydrogen-bond donors (Lipinski definition) is 2. The molecule has 180 valence electrons. The minimum Gasteiger partial charge on any atom is -0.478 e. The highest BCUT2D eigenvalue weighted by Gasteiger charge is 2.43. The van der Waals surface area contributed by atoms with Crippen molar-refractivity contribution in [2.24, 2.45) is 5.41 Å². The van der Waals surface area contributed by atoms with Gasteiger partial charge in [-0.2, -0.15) is 11.8 Å². The van der Waals surface area contributed by atoms with E-state index in [4.69, 9.17) is 5.11 Å². The van der Waals surface area contributed by atoms with Crippen LogP contribution in [0.3, 0.4) is 0 Å². The van der Waals surface area contributed by atoms with Gasteiger partial charge in [0.05, 0.1) is 6.04 Å². The van der Waals surface area contributed by atoms with Crippen LogP contribution in [0, 0.1) is 5.41 Å². The van der Waals surface area contributed by atoms with Crippen LogP contribution in [-0.4, -0.2) is 76.6 Å². The molecule has 2 atom stereocenters. The number of carboxylic acids is 1. The van der Waals surface area contributed by atoms with E-state index in [1.165, 1.54) is 6.42 Å². The van der Waals surface area contributed by atoms with Crippen molar-refractivity contribution in [1.82, 2.24) is 15.1 Å². The van der Waals surface area contributed by atoms with E-state index in [-0.39, 0.29) is 28.2 Å². The third-order valence-corrected chi connectivity index (χ3v) is 6.60. The Hall–Kier alpha value is -1.47. The van der Waals surface area contributed by atoms with Gasteiger partial charge in [-0.3, -0.25) is 9.69 Å². The predicted octanol–water partition coefficient (Wildman–Crippen LogP) is 4.24. The zero-order valence-electron chi connectivity index (χ0n) is 21.3. The number of thioether (sulfide) groups is 1. The van der Waals surface area contributed by atoms with Gasteiger partial charge in [0.2, 0.25) is 5.91 Å². The molecule has 0 aromatic carbocycles. The van der Waals surface area contributed by atoms with E-state index in [0.29, 0.717) is 12.1 Å². The van der Waals surface area contributed by atoms with Gasteiger partial charge < -0.3 is 15.3 Å². The van der Waals surface area contributed by atoms with Crippen molar-refractivity contribution in [2.75, 3.05) is 32.9 Å². The van der Waals surface area contributed by atoms with Crippen LogP contribution in [0.1, 0.15) is 61.8 Å². The number of carbonyl (C=O) groups excluding carboxylic acids is 1. The number of rotatable bonds is 7. The summed E-state index contributed by atoms with van der Waals surface area (Å²) in [4.78, 5) is 28.3. The molecule has 1 heterocycles. The molecular weight excluding hydrogens is 410 g/mol. The SMILES string of the molecule is C=C(C(NC(=O)C1N(C)CCSC1(C)C)C(C)(C)C)N(C)C/C=C(\C)C(=O)O.CCC. The Morgan fingerprint density at radius 1 is 1.35 bits per heavy atom. The fraction of sp³-hybridized carbons (Fsp3) is 0.750. The molecule has 2 N–H and O–H groups in total. The molecule has 2 unspecified atom stereocenters. The monoisotopic (exact) mass is 455 g/mol. The summed E-state index contributed by atoms with van der Waals surface area (Å²) in [6, 6.07) is -0.483. The van der Waals surface area contributed by atoms with Gasteiger partial charge in [0.1, 0.15) is 6.04 Å². The molecule has 1 saturated heterocycles. The fourth-order valence-corrected chi connectivity index (χ4v) is 4.78. The summed E-state index contributed by atoms with van der Waals surface area (Å²) in [6.07, 6.45) is 2.91. The Balaban J connectivity index is 0.00000282. The summed E-state index contributed by atoms with van der Waals surface area (Å²) >= 11 is 1.83. The third kappa shape index (κ3) is 9.27. The minimum atomic E-state index is -0.931. The van der Waals surface area contributed by atoms with E-state index in [1.54, 1.807) is 13.0 Å². The van der Waals surface area contributed by atoms with Crippen molar-refractivity contribution in [1.29, 1.82) is 0 Å². The molecule has 0 aromatic heterocycles. The lowest BCUT2D eigenvalue weighted by atomic mass is 9.84. The number of hydrogen-bond acceptors (Lipinski definition) is 5. The maximum atomic E-state index is 13.2. The van der Waals surface area contributed by atoms with Crippen molar-refractivity contribution in [2.45, 2.75) is 78.6 Å². The van der Waals surface area contributed by atoms with Gasteiger partial charge >= 0.3 is 5.97 Å². The summed E-state index contributed by atoms with van der Waals surface area (Å²) < 4.78 is -0.173. The Kier molecular flexibility index (Phi) is 11.9. The van der Waals surface area contributed by atoms with E-state index in [1.807, 2.05) is 30.8 Å². The highest BCUT2D eigenvalue weighted by molar-refractivity contribution is 8.00. The fourth-order valence-electron chi connectivity index (χ4n) is 3.43. The van der Waals surface area contributed by atoms with Crippen LogP contribution in [0.5, 0.6) is 0 Å². The molecule has 0 aromatic rings. The standard InChI is InChI=1S/C21H37N3O3S.C3H8/c1-14(19(26)27)10-11-23(8)15(2)16(20(3,4)5)22-18(25)17-21(6,7)28-13-12-24(17)9;1-3-2/h10,16-17H,2,11-13H2,1,3-9H3,(H,22,25)(H,26,27);3H2,1-2H3/b14-10+;. The number of carbonyl (C=O) groups is 2. The van der Waals surface area contributed by atoms with Crippen LogP contribution in [-0.2, 0) is 9.59 Å². The van der Waals surface area contributed by atoms with Gasteiger partial charge in [-0.05, 0) is 33.2 Å². The normalized spacial score (nSPS) is 20.2. The maximum Gasteiger partial charge on any atom is 0.331 e. The first kappa shape index (κ1) is 29.5. The third-order valence-electron chi connectivity index (χ3n) is 5.25. The van der Waals surface area contributed by atoms with Crippen LogP contribution >= 0.6 is 11.8 Å². The van der Waals surface area contributed by atoms with E-state index in [0.717, 1.165) is 18.0 Å².